The monoisotopic (exact) mass is 185 g/mol. The smallest absolute Gasteiger partial charge is 0.248 e. The van der Waals surface area contributed by atoms with E-state index in [0.29, 0.717) is 0 Å². The van der Waals surface area contributed by atoms with E-state index in [1.165, 1.54) is 6.42 Å². The Kier molecular flexibility index (Phi) is 4.22. The van der Waals surface area contributed by atoms with E-state index in [-0.39, 0.29) is 12.5 Å². The van der Waals surface area contributed by atoms with Crippen molar-refractivity contribution in [1.29, 1.82) is 0 Å². The molecule has 0 bridgehead atoms. The molecule has 0 aromatic rings. The van der Waals surface area contributed by atoms with Crippen molar-refractivity contribution in [1.82, 2.24) is 4.90 Å². The molecule has 0 spiro atoms. The topological polar surface area (TPSA) is 29.5 Å². The van der Waals surface area contributed by atoms with E-state index in [9.17, 15) is 4.79 Å². The molecule has 1 aliphatic rings. The summed E-state index contributed by atoms with van der Waals surface area (Å²) in [5.41, 5.74) is 0. The summed E-state index contributed by atoms with van der Waals surface area (Å²) in [6, 6.07) is 0. The number of hydrogen-bond acceptors (Lipinski definition) is 2. The minimum Gasteiger partial charge on any atom is -0.375 e. The first-order chi connectivity index (χ1) is 6.27. The van der Waals surface area contributed by atoms with Gasteiger partial charge in [-0.15, -0.1) is 0 Å². The fourth-order valence-corrected chi connectivity index (χ4v) is 1.81. The maximum absolute atomic E-state index is 11.4. The summed E-state index contributed by atoms with van der Waals surface area (Å²) < 4.78 is 4.82. The first kappa shape index (κ1) is 10.5. The molecule has 0 unspecified atom stereocenters. The molecule has 1 rings (SSSR count). The van der Waals surface area contributed by atoms with Crippen molar-refractivity contribution in [2.75, 3.05) is 26.8 Å². The van der Waals surface area contributed by atoms with Gasteiger partial charge in [-0.2, -0.15) is 0 Å². The lowest BCUT2D eigenvalue weighted by Gasteiger charge is -2.31. The molecule has 3 heteroatoms. The van der Waals surface area contributed by atoms with Gasteiger partial charge in [0.2, 0.25) is 5.91 Å². The van der Waals surface area contributed by atoms with Crippen molar-refractivity contribution in [3.8, 4) is 0 Å². The second-order valence-electron chi connectivity index (χ2n) is 3.67. The number of rotatable bonds is 3. The molecule has 1 heterocycles. The predicted molar refractivity (Wildman–Crippen MR) is 51.5 cm³/mol. The number of hydrogen-bond donors (Lipinski definition) is 0. The van der Waals surface area contributed by atoms with E-state index >= 15 is 0 Å². The molecule has 3 nitrogen and oxygen atoms in total. The number of amides is 1. The van der Waals surface area contributed by atoms with Crippen molar-refractivity contribution >= 4 is 5.91 Å². The van der Waals surface area contributed by atoms with Crippen LogP contribution in [0.4, 0.5) is 0 Å². The Bertz CT molecular complexity index is 162. The van der Waals surface area contributed by atoms with Gasteiger partial charge in [0.1, 0.15) is 6.61 Å². The van der Waals surface area contributed by atoms with E-state index in [4.69, 9.17) is 4.74 Å². The van der Waals surface area contributed by atoms with Gasteiger partial charge in [0.05, 0.1) is 0 Å². The number of carbonyl (C=O) groups excluding carboxylic acids is 1. The summed E-state index contributed by atoms with van der Waals surface area (Å²) in [7, 11) is 1.57. The van der Waals surface area contributed by atoms with Gasteiger partial charge >= 0.3 is 0 Å². The molecule has 1 fully saturated rings. The van der Waals surface area contributed by atoms with Gasteiger partial charge in [0.25, 0.3) is 0 Å². The lowest BCUT2D eigenvalue weighted by molar-refractivity contribution is -0.136. The maximum Gasteiger partial charge on any atom is 0.248 e. The number of carbonyl (C=O) groups is 1. The van der Waals surface area contributed by atoms with Gasteiger partial charge < -0.3 is 9.64 Å². The lowest BCUT2D eigenvalue weighted by atomic mass is 9.94. The van der Waals surface area contributed by atoms with E-state index in [1.807, 2.05) is 4.90 Å². The number of methoxy groups -OCH3 is 1. The van der Waals surface area contributed by atoms with Gasteiger partial charge in [-0.1, -0.05) is 13.3 Å². The quantitative estimate of drug-likeness (QED) is 0.663. The van der Waals surface area contributed by atoms with E-state index in [0.717, 1.165) is 31.8 Å². The SMILES string of the molecule is CCC1CCN(C(=O)COC)CC1. The van der Waals surface area contributed by atoms with Crippen LogP contribution in [0.25, 0.3) is 0 Å². The van der Waals surface area contributed by atoms with Gasteiger partial charge in [0.15, 0.2) is 0 Å². The molecule has 0 atom stereocenters. The Balaban J connectivity index is 2.28. The minimum absolute atomic E-state index is 0.136. The van der Waals surface area contributed by atoms with E-state index in [2.05, 4.69) is 6.92 Å². The highest BCUT2D eigenvalue weighted by molar-refractivity contribution is 5.77. The Hall–Kier alpha value is -0.570. The van der Waals surface area contributed by atoms with Crippen molar-refractivity contribution < 1.29 is 9.53 Å². The van der Waals surface area contributed by atoms with Gasteiger partial charge in [-0.3, -0.25) is 4.79 Å². The summed E-state index contributed by atoms with van der Waals surface area (Å²) in [5, 5.41) is 0. The molecule has 0 aromatic heterocycles. The number of ether oxygens (including phenoxy) is 1. The summed E-state index contributed by atoms with van der Waals surface area (Å²) >= 11 is 0. The second kappa shape index (κ2) is 5.22. The van der Waals surface area contributed by atoms with Crippen LogP contribution in [-0.2, 0) is 9.53 Å². The van der Waals surface area contributed by atoms with E-state index < -0.39 is 0 Å². The van der Waals surface area contributed by atoms with Crippen LogP contribution in [0.15, 0.2) is 0 Å². The molecule has 1 aliphatic heterocycles. The number of likely N-dealkylation sites (tertiary alicyclic amines) is 1. The molecule has 1 amide bonds. The van der Waals surface area contributed by atoms with Crippen LogP contribution in [-0.4, -0.2) is 37.6 Å². The van der Waals surface area contributed by atoms with Gasteiger partial charge in [-0.05, 0) is 18.8 Å². The highest BCUT2D eigenvalue weighted by Gasteiger charge is 2.20. The van der Waals surface area contributed by atoms with Crippen molar-refractivity contribution in [3.05, 3.63) is 0 Å². The lowest BCUT2D eigenvalue weighted by Crippen LogP contribution is -2.40. The standard InChI is InChI=1S/C10H19NO2/c1-3-9-4-6-11(7-5-9)10(12)8-13-2/h9H,3-8H2,1-2H3. The predicted octanol–water partition coefficient (Wildman–Crippen LogP) is 1.28. The normalized spacial score (nSPS) is 19.1. The summed E-state index contributed by atoms with van der Waals surface area (Å²) in [6.45, 7) is 4.29. The molecule has 1 saturated heterocycles. The van der Waals surface area contributed by atoms with Crippen LogP contribution < -0.4 is 0 Å². The van der Waals surface area contributed by atoms with Crippen molar-refractivity contribution in [2.24, 2.45) is 5.92 Å². The Morgan fingerprint density at radius 3 is 2.54 bits per heavy atom. The van der Waals surface area contributed by atoms with Crippen LogP contribution >= 0.6 is 0 Å². The zero-order chi connectivity index (χ0) is 9.68. The first-order valence-electron chi connectivity index (χ1n) is 5.04. The average Bonchev–Trinajstić information content (AvgIpc) is 2.18. The second-order valence-corrected chi connectivity index (χ2v) is 3.67. The van der Waals surface area contributed by atoms with Crippen LogP contribution in [0.1, 0.15) is 26.2 Å². The summed E-state index contributed by atoms with van der Waals surface area (Å²) in [4.78, 5) is 13.3. The maximum atomic E-state index is 11.4. The molecule has 13 heavy (non-hydrogen) atoms. The minimum atomic E-state index is 0.136. The average molecular weight is 185 g/mol. The molecule has 0 aliphatic carbocycles. The van der Waals surface area contributed by atoms with Crippen LogP contribution in [0, 0.1) is 5.92 Å². The van der Waals surface area contributed by atoms with Gasteiger partial charge in [0, 0.05) is 20.2 Å². The van der Waals surface area contributed by atoms with Crippen LogP contribution in [0.2, 0.25) is 0 Å². The molecule has 76 valence electrons. The zero-order valence-electron chi connectivity index (χ0n) is 8.58. The Morgan fingerprint density at radius 2 is 2.08 bits per heavy atom. The zero-order valence-corrected chi connectivity index (χ0v) is 8.58. The molecule has 0 radical (unpaired) electrons. The fraction of sp³-hybridized carbons (Fsp3) is 0.900. The molecule has 0 N–H and O–H groups in total. The Labute approximate surface area is 80.1 Å². The third kappa shape index (κ3) is 2.99. The van der Waals surface area contributed by atoms with Crippen molar-refractivity contribution in [2.45, 2.75) is 26.2 Å². The highest BCUT2D eigenvalue weighted by atomic mass is 16.5. The summed E-state index contributed by atoms with van der Waals surface area (Å²) in [5.74, 6) is 0.962. The fourth-order valence-electron chi connectivity index (χ4n) is 1.81. The third-order valence-corrected chi connectivity index (χ3v) is 2.81. The first-order valence-corrected chi connectivity index (χ1v) is 5.04. The highest BCUT2D eigenvalue weighted by Crippen LogP contribution is 2.19. The van der Waals surface area contributed by atoms with Crippen molar-refractivity contribution in [3.63, 3.8) is 0 Å². The number of piperidine rings is 1. The van der Waals surface area contributed by atoms with Crippen LogP contribution in [0.5, 0.6) is 0 Å². The molecular formula is C10H19NO2. The van der Waals surface area contributed by atoms with Crippen LogP contribution in [0.3, 0.4) is 0 Å². The molecule has 0 aromatic carbocycles. The van der Waals surface area contributed by atoms with E-state index in [1.54, 1.807) is 7.11 Å². The van der Waals surface area contributed by atoms with Gasteiger partial charge in [-0.25, -0.2) is 0 Å². The largest absolute Gasteiger partial charge is 0.375 e. The Morgan fingerprint density at radius 1 is 1.46 bits per heavy atom. The third-order valence-electron chi connectivity index (χ3n) is 2.81. The molecule has 0 saturated carbocycles. The number of nitrogens with zero attached hydrogens (tertiary/aromatic N) is 1. The summed E-state index contributed by atoms with van der Waals surface area (Å²) in [6.07, 6.45) is 3.56. The molecular weight excluding hydrogens is 166 g/mol.